The van der Waals surface area contributed by atoms with Crippen molar-refractivity contribution in [3.63, 3.8) is 0 Å². The van der Waals surface area contributed by atoms with E-state index in [4.69, 9.17) is 18.9 Å². The molecule has 0 saturated carbocycles. The Kier molecular flexibility index (Phi) is 6.04. The summed E-state index contributed by atoms with van der Waals surface area (Å²) in [5.41, 5.74) is 0.171. The molecule has 102 valence electrons. The second-order valence-electron chi connectivity index (χ2n) is 4.61. The summed E-state index contributed by atoms with van der Waals surface area (Å²) in [6.45, 7) is 10.9. The van der Waals surface area contributed by atoms with Crippen LogP contribution in [-0.2, 0) is 23.7 Å². The van der Waals surface area contributed by atoms with E-state index in [-0.39, 0.29) is 12.2 Å². The molecule has 5 nitrogen and oxygen atoms in total. The summed E-state index contributed by atoms with van der Waals surface area (Å²) in [7, 11) is 0. The molecule has 0 aliphatic carbocycles. The first-order valence-corrected chi connectivity index (χ1v) is 5.76. The SMILES string of the molecule is C=CCOCOC(=O)C(=C)CC1(C)COCOC1. The molecule has 1 heterocycles. The summed E-state index contributed by atoms with van der Waals surface area (Å²) < 4.78 is 20.3. The Labute approximate surface area is 107 Å². The van der Waals surface area contributed by atoms with E-state index in [0.29, 0.717) is 38.6 Å². The maximum atomic E-state index is 11.6. The molecule has 18 heavy (non-hydrogen) atoms. The van der Waals surface area contributed by atoms with E-state index in [1.807, 2.05) is 6.92 Å². The van der Waals surface area contributed by atoms with Crippen LogP contribution in [0, 0.1) is 5.41 Å². The zero-order valence-corrected chi connectivity index (χ0v) is 10.8. The first-order chi connectivity index (χ1) is 8.57. The van der Waals surface area contributed by atoms with Crippen molar-refractivity contribution in [1.82, 2.24) is 0 Å². The minimum atomic E-state index is -0.453. The number of hydrogen-bond donors (Lipinski definition) is 0. The van der Waals surface area contributed by atoms with Crippen molar-refractivity contribution < 1.29 is 23.7 Å². The maximum Gasteiger partial charge on any atom is 0.335 e. The van der Waals surface area contributed by atoms with Crippen LogP contribution in [0.3, 0.4) is 0 Å². The van der Waals surface area contributed by atoms with Crippen molar-refractivity contribution in [3.8, 4) is 0 Å². The zero-order chi connectivity index (χ0) is 13.4. The number of carbonyl (C=O) groups is 1. The molecule has 1 aliphatic heterocycles. The van der Waals surface area contributed by atoms with Crippen LogP contribution in [0.25, 0.3) is 0 Å². The predicted octanol–water partition coefficient (Wildman–Crippen LogP) is 1.65. The van der Waals surface area contributed by atoms with E-state index in [0.717, 1.165) is 0 Å². The van der Waals surface area contributed by atoms with E-state index in [1.165, 1.54) is 0 Å². The van der Waals surface area contributed by atoms with E-state index >= 15 is 0 Å². The Balaban J connectivity index is 2.30. The Morgan fingerprint density at radius 1 is 1.44 bits per heavy atom. The molecule has 1 saturated heterocycles. The molecule has 0 radical (unpaired) electrons. The Bertz CT molecular complexity index is 305. The van der Waals surface area contributed by atoms with E-state index in [2.05, 4.69) is 13.2 Å². The molecule has 1 aliphatic rings. The summed E-state index contributed by atoms with van der Waals surface area (Å²) in [5, 5.41) is 0. The standard InChI is InChI=1S/C13H20O5/c1-4-5-15-10-18-12(14)11(2)6-13(3)7-16-9-17-8-13/h4H,1-2,5-10H2,3H3. The molecule has 0 unspecified atom stereocenters. The smallest absolute Gasteiger partial charge is 0.335 e. The fraction of sp³-hybridized carbons (Fsp3) is 0.615. The van der Waals surface area contributed by atoms with Crippen LogP contribution < -0.4 is 0 Å². The topological polar surface area (TPSA) is 54.0 Å². The minimum absolute atomic E-state index is 0.0897. The average molecular weight is 256 g/mol. The number of ether oxygens (including phenoxy) is 4. The van der Waals surface area contributed by atoms with Gasteiger partial charge < -0.3 is 18.9 Å². The van der Waals surface area contributed by atoms with Gasteiger partial charge in [-0.15, -0.1) is 6.58 Å². The van der Waals surface area contributed by atoms with E-state index < -0.39 is 5.97 Å². The summed E-state index contributed by atoms with van der Waals surface area (Å²) in [5.74, 6) is -0.453. The van der Waals surface area contributed by atoms with Crippen molar-refractivity contribution >= 4 is 5.97 Å². The molecular formula is C13H20O5. The second-order valence-corrected chi connectivity index (χ2v) is 4.61. The quantitative estimate of drug-likeness (QED) is 0.228. The van der Waals surface area contributed by atoms with Crippen LogP contribution in [0.2, 0.25) is 0 Å². The van der Waals surface area contributed by atoms with Crippen LogP contribution in [0.1, 0.15) is 13.3 Å². The average Bonchev–Trinajstić information content (AvgIpc) is 2.34. The summed E-state index contributed by atoms with van der Waals surface area (Å²) in [6, 6.07) is 0. The van der Waals surface area contributed by atoms with Crippen molar-refractivity contribution in [2.45, 2.75) is 13.3 Å². The first kappa shape index (κ1) is 14.9. The van der Waals surface area contributed by atoms with Gasteiger partial charge in [0.1, 0.15) is 6.79 Å². The largest absolute Gasteiger partial charge is 0.435 e. The van der Waals surface area contributed by atoms with Crippen LogP contribution in [0.5, 0.6) is 0 Å². The fourth-order valence-corrected chi connectivity index (χ4v) is 1.69. The number of esters is 1. The van der Waals surface area contributed by atoms with Gasteiger partial charge in [0, 0.05) is 11.0 Å². The summed E-state index contributed by atoms with van der Waals surface area (Å²) in [4.78, 5) is 11.6. The molecule has 1 rings (SSSR count). The highest BCUT2D eigenvalue weighted by molar-refractivity contribution is 5.87. The molecule has 0 amide bonds. The van der Waals surface area contributed by atoms with Gasteiger partial charge in [0.15, 0.2) is 6.79 Å². The maximum absolute atomic E-state index is 11.6. The fourth-order valence-electron chi connectivity index (χ4n) is 1.69. The second kappa shape index (κ2) is 7.31. The lowest BCUT2D eigenvalue weighted by atomic mass is 9.85. The lowest BCUT2D eigenvalue weighted by Crippen LogP contribution is -2.35. The third-order valence-corrected chi connectivity index (χ3v) is 2.51. The Hall–Kier alpha value is -1.17. The lowest BCUT2D eigenvalue weighted by molar-refractivity contribution is -0.162. The van der Waals surface area contributed by atoms with Crippen LogP contribution >= 0.6 is 0 Å². The van der Waals surface area contributed by atoms with Gasteiger partial charge in [-0.05, 0) is 6.42 Å². The van der Waals surface area contributed by atoms with Crippen LogP contribution in [0.4, 0.5) is 0 Å². The van der Waals surface area contributed by atoms with Gasteiger partial charge in [0.2, 0.25) is 0 Å². The van der Waals surface area contributed by atoms with Crippen LogP contribution in [-0.4, -0.2) is 39.4 Å². The molecular weight excluding hydrogens is 236 g/mol. The van der Waals surface area contributed by atoms with Crippen LogP contribution in [0.15, 0.2) is 24.8 Å². The summed E-state index contributed by atoms with van der Waals surface area (Å²) in [6.07, 6.45) is 2.06. The minimum Gasteiger partial charge on any atom is -0.435 e. The highest BCUT2D eigenvalue weighted by Crippen LogP contribution is 2.29. The van der Waals surface area contributed by atoms with Gasteiger partial charge in [-0.1, -0.05) is 19.6 Å². The normalized spacial score (nSPS) is 18.1. The number of carbonyl (C=O) groups excluding carboxylic acids is 1. The highest BCUT2D eigenvalue weighted by atomic mass is 16.7. The summed E-state index contributed by atoms with van der Waals surface area (Å²) >= 11 is 0. The Morgan fingerprint density at radius 3 is 2.72 bits per heavy atom. The predicted molar refractivity (Wildman–Crippen MR) is 65.7 cm³/mol. The molecule has 0 spiro atoms. The molecule has 0 atom stereocenters. The van der Waals surface area contributed by atoms with Gasteiger partial charge in [-0.25, -0.2) is 4.79 Å². The van der Waals surface area contributed by atoms with Gasteiger partial charge in [-0.3, -0.25) is 0 Å². The molecule has 5 heteroatoms. The molecule has 1 fully saturated rings. The van der Waals surface area contributed by atoms with Crippen molar-refractivity contribution in [2.75, 3.05) is 33.4 Å². The van der Waals surface area contributed by atoms with Crippen molar-refractivity contribution in [3.05, 3.63) is 24.8 Å². The van der Waals surface area contributed by atoms with Gasteiger partial charge in [0.25, 0.3) is 0 Å². The molecule has 0 aromatic heterocycles. The molecule has 0 N–H and O–H groups in total. The van der Waals surface area contributed by atoms with Gasteiger partial charge >= 0.3 is 5.97 Å². The van der Waals surface area contributed by atoms with Crippen molar-refractivity contribution in [1.29, 1.82) is 0 Å². The van der Waals surface area contributed by atoms with Crippen molar-refractivity contribution in [2.24, 2.45) is 5.41 Å². The number of rotatable bonds is 7. The lowest BCUT2D eigenvalue weighted by Gasteiger charge is -2.33. The monoisotopic (exact) mass is 256 g/mol. The van der Waals surface area contributed by atoms with E-state index in [9.17, 15) is 4.79 Å². The molecule has 0 bridgehead atoms. The Morgan fingerprint density at radius 2 is 2.11 bits per heavy atom. The molecule has 0 aromatic rings. The number of hydrogen-bond acceptors (Lipinski definition) is 5. The van der Waals surface area contributed by atoms with Gasteiger partial charge in [-0.2, -0.15) is 0 Å². The third-order valence-electron chi connectivity index (χ3n) is 2.51. The van der Waals surface area contributed by atoms with Gasteiger partial charge in [0.05, 0.1) is 19.8 Å². The first-order valence-electron chi connectivity index (χ1n) is 5.76. The third kappa shape index (κ3) is 5.00. The van der Waals surface area contributed by atoms with E-state index in [1.54, 1.807) is 6.08 Å². The zero-order valence-electron chi connectivity index (χ0n) is 10.8. The highest BCUT2D eigenvalue weighted by Gasteiger charge is 2.31. The molecule has 0 aromatic carbocycles.